The molecule has 2 bridgehead atoms. The Hall–Kier alpha value is -4.04. The summed E-state index contributed by atoms with van der Waals surface area (Å²) in [6.07, 6.45) is 1.14. The Morgan fingerprint density at radius 2 is 1.72 bits per heavy atom. The zero-order valence-electron chi connectivity index (χ0n) is 37.5. The van der Waals surface area contributed by atoms with Gasteiger partial charge < -0.3 is 40.3 Å². The van der Waals surface area contributed by atoms with Gasteiger partial charge in [0, 0.05) is 67.6 Å². The maximum absolute atomic E-state index is 14.5. The molecule has 9 atom stereocenters. The molecule has 0 spiro atoms. The quantitative estimate of drug-likeness (QED) is 0.140. The summed E-state index contributed by atoms with van der Waals surface area (Å²) in [7, 11) is 11.9. The van der Waals surface area contributed by atoms with Crippen molar-refractivity contribution in [3.8, 4) is 16.9 Å². The third-order valence-electron chi connectivity index (χ3n) is 13.5. The number of hydroxylamine groups is 2. The average molecular weight is 827 g/mol. The van der Waals surface area contributed by atoms with Gasteiger partial charge in [0.2, 0.25) is 5.91 Å². The molecular formula is C48H70N6O6. The summed E-state index contributed by atoms with van der Waals surface area (Å²) in [5.41, 5.74) is 5.19. The molecule has 0 unspecified atom stereocenters. The Morgan fingerprint density at radius 1 is 0.983 bits per heavy atom. The summed E-state index contributed by atoms with van der Waals surface area (Å²) in [6.45, 7) is 10.1. The van der Waals surface area contributed by atoms with Crippen LogP contribution in [0.1, 0.15) is 62.0 Å². The van der Waals surface area contributed by atoms with Crippen LogP contribution in [0.15, 0.2) is 66.7 Å². The van der Waals surface area contributed by atoms with Crippen LogP contribution in [0.4, 0.5) is 5.69 Å². The number of hydrogen-bond donors (Lipinski definition) is 4. The van der Waals surface area contributed by atoms with Crippen LogP contribution >= 0.6 is 0 Å². The Labute approximate surface area is 358 Å². The minimum atomic E-state index is -0.912. The van der Waals surface area contributed by atoms with Crippen LogP contribution in [0, 0.1) is 29.1 Å². The molecule has 328 valence electrons. The van der Waals surface area contributed by atoms with Crippen molar-refractivity contribution in [1.29, 1.82) is 0 Å². The molecule has 4 fully saturated rings. The van der Waals surface area contributed by atoms with Gasteiger partial charge in [0.1, 0.15) is 24.5 Å². The van der Waals surface area contributed by atoms with Gasteiger partial charge in [-0.25, -0.2) is 0 Å². The summed E-state index contributed by atoms with van der Waals surface area (Å²) in [5, 5.41) is 29.9. The van der Waals surface area contributed by atoms with Crippen LogP contribution in [0.5, 0.6) is 5.75 Å². The molecule has 3 aromatic carbocycles. The molecule has 60 heavy (non-hydrogen) atoms. The number of ether oxygens (including phenoxy) is 1. The van der Waals surface area contributed by atoms with Crippen LogP contribution in [-0.2, 0) is 22.6 Å². The number of hydrogen-bond acceptors (Lipinski definition) is 10. The summed E-state index contributed by atoms with van der Waals surface area (Å²) >= 11 is 0. The number of nitrogens with one attached hydrogen (secondary N) is 2. The third-order valence-corrected chi connectivity index (χ3v) is 13.5. The van der Waals surface area contributed by atoms with E-state index in [1.165, 1.54) is 6.42 Å². The number of rotatable bonds is 18. The van der Waals surface area contributed by atoms with Crippen LogP contribution in [0.2, 0.25) is 0 Å². The van der Waals surface area contributed by atoms with E-state index >= 15 is 0 Å². The smallest absolute Gasteiger partial charge is 0.251 e. The second-order valence-electron chi connectivity index (χ2n) is 19.0. The molecule has 1 aliphatic heterocycles. The lowest BCUT2D eigenvalue weighted by Crippen LogP contribution is -2.62. The highest BCUT2D eigenvalue weighted by molar-refractivity contribution is 5.97. The number of fused-ring (bicyclic) bond motifs is 2. The number of anilines is 1. The molecule has 3 aliphatic carbocycles. The molecule has 1 saturated heterocycles. The van der Waals surface area contributed by atoms with Gasteiger partial charge >= 0.3 is 0 Å². The largest absolute Gasteiger partial charge is 0.491 e. The normalized spacial score (nSPS) is 25.7. The second-order valence-corrected chi connectivity index (χ2v) is 19.0. The Kier molecular flexibility index (Phi) is 14.7. The lowest BCUT2D eigenvalue weighted by molar-refractivity contribution is -0.183. The first kappa shape index (κ1) is 45.5. The van der Waals surface area contributed by atoms with Crippen molar-refractivity contribution in [2.24, 2.45) is 29.1 Å². The lowest BCUT2D eigenvalue weighted by atomic mass is 9.45. The van der Waals surface area contributed by atoms with Gasteiger partial charge in [-0.1, -0.05) is 69.3 Å². The van der Waals surface area contributed by atoms with Gasteiger partial charge in [-0.15, -0.1) is 0 Å². The van der Waals surface area contributed by atoms with Crippen molar-refractivity contribution < 1.29 is 29.4 Å². The maximum Gasteiger partial charge on any atom is 0.251 e. The highest BCUT2D eigenvalue weighted by Crippen LogP contribution is 2.61. The second kappa shape index (κ2) is 19.3. The zero-order chi connectivity index (χ0) is 43.5. The highest BCUT2D eigenvalue weighted by Gasteiger charge is 2.57. The van der Waals surface area contributed by atoms with Crippen molar-refractivity contribution in [1.82, 2.24) is 25.5 Å². The van der Waals surface area contributed by atoms with Crippen LogP contribution in [0.3, 0.4) is 0 Å². The lowest BCUT2D eigenvalue weighted by Gasteiger charge is -2.62. The first-order valence-corrected chi connectivity index (χ1v) is 21.7. The molecule has 2 amide bonds. The Bertz CT molecular complexity index is 1920. The minimum Gasteiger partial charge on any atom is -0.491 e. The average Bonchev–Trinajstić information content (AvgIpc) is 3.57. The van der Waals surface area contributed by atoms with E-state index in [9.17, 15) is 19.8 Å². The van der Waals surface area contributed by atoms with E-state index in [1.807, 2.05) is 95.7 Å². The minimum absolute atomic E-state index is 0.0269. The number of likely N-dealkylation sites (N-methyl/N-ethyl adjacent to an activating group) is 2. The van der Waals surface area contributed by atoms with E-state index in [0.717, 1.165) is 34.4 Å². The van der Waals surface area contributed by atoms with E-state index in [1.54, 1.807) is 12.0 Å². The van der Waals surface area contributed by atoms with Gasteiger partial charge in [-0.3, -0.25) is 14.4 Å². The van der Waals surface area contributed by atoms with Gasteiger partial charge in [-0.05, 0) is 107 Å². The number of carbonyl (C=O) groups is 2. The molecule has 3 aromatic rings. The number of para-hydroxylation sites is 1. The first-order valence-electron chi connectivity index (χ1n) is 21.7. The summed E-state index contributed by atoms with van der Waals surface area (Å²) < 4.78 is 6.67. The molecule has 12 heteroatoms. The van der Waals surface area contributed by atoms with E-state index < -0.39 is 24.2 Å². The topological polar surface area (TPSA) is 130 Å². The fourth-order valence-corrected chi connectivity index (χ4v) is 10.0. The van der Waals surface area contributed by atoms with E-state index in [2.05, 4.69) is 59.4 Å². The SMILES string of the molecule is C[C@@H]1[C@@H](NC(=O)[C@@H]2[C@H]([C@H](C)O)[C@H](CO)ON2Cc2cccc(-c3cc(C(=O)N[C@@H](Cc4ccccc4)CN(C)C)cc(N(C)C)c3)c2OCCN(C)C)C[C@H]2C[C@H]1C2(C)C. The van der Waals surface area contributed by atoms with E-state index in [-0.39, 0.29) is 42.5 Å². The van der Waals surface area contributed by atoms with Crippen molar-refractivity contribution in [2.75, 3.05) is 73.5 Å². The van der Waals surface area contributed by atoms with E-state index in [4.69, 9.17) is 9.57 Å². The van der Waals surface area contributed by atoms with Gasteiger partial charge in [0.15, 0.2) is 0 Å². The molecule has 12 nitrogen and oxygen atoms in total. The van der Waals surface area contributed by atoms with Gasteiger partial charge in [-0.2, -0.15) is 5.06 Å². The van der Waals surface area contributed by atoms with Crippen molar-refractivity contribution in [2.45, 2.75) is 83.8 Å². The summed E-state index contributed by atoms with van der Waals surface area (Å²) in [4.78, 5) is 41.2. The summed E-state index contributed by atoms with van der Waals surface area (Å²) in [5.74, 6) is 1.03. The number of nitrogens with zero attached hydrogens (tertiary/aromatic N) is 4. The molecule has 4 N–H and O–H groups in total. The number of amides is 2. The van der Waals surface area contributed by atoms with Crippen LogP contribution in [0.25, 0.3) is 11.1 Å². The summed E-state index contributed by atoms with van der Waals surface area (Å²) in [6, 6.07) is 21.1. The van der Waals surface area contributed by atoms with E-state index in [0.29, 0.717) is 55.2 Å². The highest BCUT2D eigenvalue weighted by atomic mass is 16.7. The molecule has 3 saturated carbocycles. The fraction of sp³-hybridized carbons (Fsp3) is 0.583. The fourth-order valence-electron chi connectivity index (χ4n) is 10.0. The Balaban J connectivity index is 1.33. The molecular weight excluding hydrogens is 757 g/mol. The predicted octanol–water partition coefficient (Wildman–Crippen LogP) is 4.92. The van der Waals surface area contributed by atoms with Gasteiger partial charge in [0.05, 0.1) is 19.3 Å². The molecule has 4 aliphatic rings. The first-order chi connectivity index (χ1) is 28.5. The van der Waals surface area contributed by atoms with Crippen LogP contribution < -0.4 is 20.3 Å². The maximum atomic E-state index is 14.5. The molecule has 0 aromatic heterocycles. The zero-order valence-corrected chi connectivity index (χ0v) is 37.5. The molecule has 1 heterocycles. The third kappa shape index (κ3) is 10.2. The molecule has 0 radical (unpaired) electrons. The number of benzene rings is 3. The number of aliphatic hydroxyl groups is 2. The van der Waals surface area contributed by atoms with Crippen molar-refractivity contribution >= 4 is 17.5 Å². The van der Waals surface area contributed by atoms with Crippen LogP contribution in [-0.4, -0.2) is 136 Å². The number of carbonyl (C=O) groups excluding carboxylic acids is 2. The molecule has 7 rings (SSSR count). The monoisotopic (exact) mass is 827 g/mol. The van der Waals surface area contributed by atoms with Crippen molar-refractivity contribution in [3.05, 3.63) is 83.4 Å². The Morgan fingerprint density at radius 3 is 2.33 bits per heavy atom. The van der Waals surface area contributed by atoms with Gasteiger partial charge in [0.25, 0.3) is 5.91 Å². The number of aliphatic hydroxyl groups excluding tert-OH is 2. The van der Waals surface area contributed by atoms with Crippen molar-refractivity contribution in [3.63, 3.8) is 0 Å². The predicted molar refractivity (Wildman–Crippen MR) is 238 cm³/mol. The standard InChI is InChI=1S/C48H70N6O6/c1-30-40-25-36(48(40,3)4)26-41(30)50-47(58)44-43(31(2)56)42(29-55)60-54(44)27-33-17-14-18-39(45(33)59-20-19-51(5)6)34-22-35(24-38(23-34)53(9)10)46(57)49-37(28-52(7)8)21-32-15-12-11-13-16-32/h11-18,22-24,30-31,36-37,40-44,55-56H,19-21,25-29H2,1-10H3,(H,49,57)(H,50,58)/t30-,31-,36+,37-,40+,41-,42-,43+,44-/m0/s1.